The van der Waals surface area contributed by atoms with Gasteiger partial charge in [0.15, 0.2) is 6.61 Å². The fraction of sp³-hybridized carbons (Fsp3) is 0.176. The number of nitrogens with zero attached hydrogens (tertiary/aromatic N) is 3. The summed E-state index contributed by atoms with van der Waals surface area (Å²) in [6.07, 6.45) is -3.44. The standard InChI is InChI=1S/C17H12ClF3N4O3/c18-10-5-6-13(22-7-10)24-14(26)9-28-15(27)8-25-12-4-2-1-3-11(12)23-16(25)17(19,20)21/h1-7H,8-9H2,(H,22,24,26). The van der Waals surface area contributed by atoms with E-state index in [9.17, 15) is 22.8 Å². The minimum atomic E-state index is -4.75. The number of imidazole rings is 1. The van der Waals surface area contributed by atoms with Gasteiger partial charge in [-0.2, -0.15) is 13.2 Å². The summed E-state index contributed by atoms with van der Waals surface area (Å²) in [4.78, 5) is 31.1. The van der Waals surface area contributed by atoms with Crippen molar-refractivity contribution in [3.63, 3.8) is 0 Å². The lowest BCUT2D eigenvalue weighted by molar-refractivity contribution is -0.152. The number of benzene rings is 1. The van der Waals surface area contributed by atoms with Gasteiger partial charge in [0.2, 0.25) is 5.82 Å². The Morgan fingerprint density at radius 1 is 1.18 bits per heavy atom. The van der Waals surface area contributed by atoms with Gasteiger partial charge in [0.25, 0.3) is 5.91 Å². The lowest BCUT2D eigenvalue weighted by Crippen LogP contribution is -2.25. The van der Waals surface area contributed by atoms with Crippen LogP contribution in [0.1, 0.15) is 5.82 Å². The SMILES string of the molecule is O=C(COC(=O)Cn1c(C(F)(F)F)nc2ccccc21)Nc1ccc(Cl)cn1. The second-order valence-corrected chi connectivity index (χ2v) is 6.01. The average molecular weight is 413 g/mol. The third-order valence-corrected chi connectivity index (χ3v) is 3.78. The molecule has 0 radical (unpaired) electrons. The maximum absolute atomic E-state index is 13.2. The number of carbonyl (C=O) groups is 2. The van der Waals surface area contributed by atoms with Crippen molar-refractivity contribution in [2.75, 3.05) is 11.9 Å². The van der Waals surface area contributed by atoms with Crippen molar-refractivity contribution < 1.29 is 27.5 Å². The van der Waals surface area contributed by atoms with Crippen molar-refractivity contribution in [2.24, 2.45) is 0 Å². The Kier molecular flexibility index (Phi) is 5.50. The third-order valence-electron chi connectivity index (χ3n) is 3.55. The van der Waals surface area contributed by atoms with E-state index in [1.165, 1.54) is 42.6 Å². The highest BCUT2D eigenvalue weighted by Crippen LogP contribution is 2.31. The normalized spacial score (nSPS) is 11.4. The van der Waals surface area contributed by atoms with Gasteiger partial charge in [-0.05, 0) is 24.3 Å². The van der Waals surface area contributed by atoms with E-state index in [4.69, 9.17) is 16.3 Å². The van der Waals surface area contributed by atoms with Gasteiger partial charge in [-0.1, -0.05) is 23.7 Å². The molecule has 2 aromatic heterocycles. The number of para-hydroxylation sites is 2. The number of halogens is 4. The van der Waals surface area contributed by atoms with Crippen LogP contribution in [0.4, 0.5) is 19.0 Å². The van der Waals surface area contributed by atoms with Crippen molar-refractivity contribution >= 4 is 40.3 Å². The molecule has 2 heterocycles. The molecular weight excluding hydrogens is 401 g/mol. The lowest BCUT2D eigenvalue weighted by atomic mass is 10.3. The molecule has 0 saturated heterocycles. The summed E-state index contributed by atoms with van der Waals surface area (Å²) in [5.41, 5.74) is 0.218. The minimum Gasteiger partial charge on any atom is -0.454 e. The summed E-state index contributed by atoms with van der Waals surface area (Å²) < 4.78 is 45.1. The average Bonchev–Trinajstić information content (AvgIpc) is 3.01. The van der Waals surface area contributed by atoms with Crippen LogP contribution in [0.2, 0.25) is 5.02 Å². The number of pyridine rings is 1. The Morgan fingerprint density at radius 3 is 2.61 bits per heavy atom. The number of nitrogens with one attached hydrogen (secondary N) is 1. The molecule has 0 atom stereocenters. The van der Waals surface area contributed by atoms with E-state index in [-0.39, 0.29) is 16.9 Å². The Hall–Kier alpha value is -3.14. The molecule has 0 unspecified atom stereocenters. The van der Waals surface area contributed by atoms with E-state index in [1.54, 1.807) is 0 Å². The van der Waals surface area contributed by atoms with E-state index >= 15 is 0 Å². The molecule has 0 bridgehead atoms. The molecular formula is C17H12ClF3N4O3. The lowest BCUT2D eigenvalue weighted by Gasteiger charge is -2.11. The highest BCUT2D eigenvalue weighted by atomic mass is 35.5. The van der Waals surface area contributed by atoms with Crippen molar-refractivity contribution in [2.45, 2.75) is 12.7 Å². The van der Waals surface area contributed by atoms with Crippen molar-refractivity contribution in [1.82, 2.24) is 14.5 Å². The smallest absolute Gasteiger partial charge is 0.449 e. The van der Waals surface area contributed by atoms with Crippen LogP contribution in [0.5, 0.6) is 0 Å². The Bertz CT molecular complexity index is 1020. The van der Waals surface area contributed by atoms with Crippen LogP contribution in [-0.4, -0.2) is 33.0 Å². The Labute approximate surface area is 161 Å². The van der Waals surface area contributed by atoms with Crippen LogP contribution in [0.15, 0.2) is 42.6 Å². The molecule has 1 amide bonds. The molecule has 146 valence electrons. The summed E-state index contributed by atoms with van der Waals surface area (Å²) in [7, 11) is 0. The van der Waals surface area contributed by atoms with Gasteiger partial charge in [-0.3, -0.25) is 9.59 Å². The first-order valence-electron chi connectivity index (χ1n) is 7.83. The number of fused-ring (bicyclic) bond motifs is 1. The highest BCUT2D eigenvalue weighted by molar-refractivity contribution is 6.30. The van der Waals surface area contributed by atoms with Crippen molar-refractivity contribution in [3.05, 3.63) is 53.4 Å². The van der Waals surface area contributed by atoms with Gasteiger partial charge >= 0.3 is 12.1 Å². The Morgan fingerprint density at radius 2 is 1.93 bits per heavy atom. The van der Waals surface area contributed by atoms with Gasteiger partial charge in [-0.15, -0.1) is 0 Å². The second-order valence-electron chi connectivity index (χ2n) is 5.58. The van der Waals surface area contributed by atoms with Crippen LogP contribution in [0.3, 0.4) is 0 Å². The van der Waals surface area contributed by atoms with Crippen molar-refractivity contribution in [1.29, 1.82) is 0 Å². The molecule has 11 heteroatoms. The number of hydrogen-bond acceptors (Lipinski definition) is 5. The molecule has 1 N–H and O–H groups in total. The molecule has 0 saturated carbocycles. The van der Waals surface area contributed by atoms with E-state index in [0.717, 1.165) is 0 Å². The number of rotatable bonds is 5. The quantitative estimate of drug-likeness (QED) is 0.650. The van der Waals surface area contributed by atoms with Crippen LogP contribution < -0.4 is 5.32 Å². The van der Waals surface area contributed by atoms with Gasteiger partial charge in [0.05, 0.1) is 16.1 Å². The van der Waals surface area contributed by atoms with Crippen LogP contribution in [-0.2, 0) is 27.0 Å². The zero-order valence-electron chi connectivity index (χ0n) is 14.0. The largest absolute Gasteiger partial charge is 0.454 e. The summed E-state index contributed by atoms with van der Waals surface area (Å²) in [5.74, 6) is -2.76. The predicted octanol–water partition coefficient (Wildman–Crippen LogP) is 3.29. The molecule has 0 aliphatic carbocycles. The second kappa shape index (κ2) is 7.85. The minimum absolute atomic E-state index is 0.0918. The summed E-state index contributed by atoms with van der Waals surface area (Å²) in [6, 6.07) is 8.81. The maximum atomic E-state index is 13.2. The molecule has 0 aliphatic heterocycles. The number of hydrogen-bond donors (Lipinski definition) is 1. The van der Waals surface area contributed by atoms with Gasteiger partial charge in [0, 0.05) is 6.20 Å². The first-order valence-corrected chi connectivity index (χ1v) is 8.21. The van der Waals surface area contributed by atoms with Crippen LogP contribution >= 0.6 is 11.6 Å². The number of alkyl halides is 3. The van der Waals surface area contributed by atoms with Gasteiger partial charge < -0.3 is 14.6 Å². The zero-order valence-corrected chi connectivity index (χ0v) is 14.8. The summed E-state index contributed by atoms with van der Waals surface area (Å²) in [5, 5.41) is 2.74. The molecule has 3 rings (SSSR count). The van der Waals surface area contributed by atoms with Crippen LogP contribution in [0.25, 0.3) is 11.0 Å². The third kappa shape index (κ3) is 4.58. The van der Waals surface area contributed by atoms with Gasteiger partial charge in [-0.25, -0.2) is 9.97 Å². The van der Waals surface area contributed by atoms with Crippen LogP contribution in [0, 0.1) is 0 Å². The fourth-order valence-electron chi connectivity index (χ4n) is 2.40. The maximum Gasteiger partial charge on any atom is 0.449 e. The molecule has 0 fully saturated rings. The summed E-state index contributed by atoms with van der Waals surface area (Å²) >= 11 is 5.67. The predicted molar refractivity (Wildman–Crippen MR) is 93.6 cm³/mol. The molecule has 7 nitrogen and oxygen atoms in total. The number of aromatic nitrogens is 3. The number of ether oxygens (including phenoxy) is 1. The zero-order chi connectivity index (χ0) is 20.3. The fourth-order valence-corrected chi connectivity index (χ4v) is 2.51. The summed E-state index contributed by atoms with van der Waals surface area (Å²) in [6.45, 7) is -1.43. The van der Waals surface area contributed by atoms with Gasteiger partial charge in [0.1, 0.15) is 12.4 Å². The van der Waals surface area contributed by atoms with E-state index in [2.05, 4.69) is 15.3 Å². The molecule has 28 heavy (non-hydrogen) atoms. The molecule has 1 aromatic carbocycles. The van der Waals surface area contributed by atoms with Crippen molar-refractivity contribution in [3.8, 4) is 0 Å². The molecule has 0 spiro atoms. The molecule has 0 aliphatic rings. The first-order chi connectivity index (χ1) is 13.2. The monoisotopic (exact) mass is 412 g/mol. The number of amides is 1. The van der Waals surface area contributed by atoms with E-state index in [1.807, 2.05) is 0 Å². The molecule has 3 aromatic rings. The van der Waals surface area contributed by atoms with E-state index in [0.29, 0.717) is 9.59 Å². The topological polar surface area (TPSA) is 86.1 Å². The van der Waals surface area contributed by atoms with E-state index < -0.39 is 37.0 Å². The first kappa shape index (κ1) is 19.6. The Balaban J connectivity index is 1.66. The highest BCUT2D eigenvalue weighted by Gasteiger charge is 2.38. The number of anilines is 1. The number of carbonyl (C=O) groups excluding carboxylic acids is 2. The number of esters is 1.